The van der Waals surface area contributed by atoms with Gasteiger partial charge in [0.05, 0.1) is 26.9 Å². The van der Waals surface area contributed by atoms with Crippen LogP contribution in [-0.2, 0) is 46.5 Å². The minimum absolute atomic E-state index is 0.136. The van der Waals surface area contributed by atoms with Crippen molar-refractivity contribution in [3.8, 4) is 5.75 Å². The predicted molar refractivity (Wildman–Crippen MR) is 120 cm³/mol. The van der Waals surface area contributed by atoms with E-state index in [0.717, 1.165) is 11.1 Å². The summed E-state index contributed by atoms with van der Waals surface area (Å²) in [7, 11) is 1.58. The number of hydrogen-bond acceptors (Lipinski definition) is 9. The van der Waals surface area contributed by atoms with Crippen LogP contribution in [-0.4, -0.2) is 61.5 Å². The minimum atomic E-state index is -1.18. The van der Waals surface area contributed by atoms with Gasteiger partial charge in [-0.15, -0.1) is 0 Å². The SMILES string of the molecule is COc1ccc(CO[C@@H]2[C@@H](OC(C)=O)O[C@@H](CO)[C@@H](OC(C)=O)[C@H]2OCc2ccccc2)cc1. The topological polar surface area (TPSA) is 110 Å². The highest BCUT2D eigenvalue weighted by molar-refractivity contribution is 5.66. The number of benzene rings is 2. The fourth-order valence-corrected chi connectivity index (χ4v) is 3.66. The second kappa shape index (κ2) is 12.5. The maximum absolute atomic E-state index is 11.8. The van der Waals surface area contributed by atoms with Crippen molar-refractivity contribution < 1.29 is 43.1 Å². The molecule has 3 rings (SSSR count). The van der Waals surface area contributed by atoms with Crippen molar-refractivity contribution >= 4 is 11.9 Å². The number of carbonyl (C=O) groups is 2. The standard InChI is InChI=1S/C25H30O9/c1-16(27)32-22-21(13-26)34-25(33-17(2)28)24(23(22)30-14-18-7-5-4-6-8-18)31-15-19-9-11-20(29-3)12-10-19/h4-12,21-26H,13-15H2,1-3H3/t21-,22+,23+,24-,25-/m0/s1. The number of esters is 2. The van der Waals surface area contributed by atoms with Crippen molar-refractivity contribution in [1.29, 1.82) is 0 Å². The third-order valence-electron chi connectivity index (χ3n) is 5.24. The smallest absolute Gasteiger partial charge is 0.305 e. The van der Waals surface area contributed by atoms with Crippen LogP contribution in [0.5, 0.6) is 5.75 Å². The molecule has 0 unspecified atom stereocenters. The van der Waals surface area contributed by atoms with E-state index in [1.54, 1.807) is 19.2 Å². The van der Waals surface area contributed by atoms with Crippen LogP contribution in [0.4, 0.5) is 0 Å². The molecule has 1 aliphatic rings. The van der Waals surface area contributed by atoms with Crippen LogP contribution in [0.1, 0.15) is 25.0 Å². The van der Waals surface area contributed by atoms with E-state index in [-0.39, 0.29) is 13.2 Å². The second-order valence-corrected chi connectivity index (χ2v) is 7.79. The molecule has 9 heteroatoms. The molecule has 0 bridgehead atoms. The maximum atomic E-state index is 11.8. The zero-order chi connectivity index (χ0) is 24.5. The van der Waals surface area contributed by atoms with Crippen LogP contribution in [0, 0.1) is 0 Å². The Labute approximate surface area is 198 Å². The van der Waals surface area contributed by atoms with E-state index in [0.29, 0.717) is 5.75 Å². The first-order chi connectivity index (χ1) is 16.4. The van der Waals surface area contributed by atoms with Crippen LogP contribution in [0.15, 0.2) is 54.6 Å². The van der Waals surface area contributed by atoms with E-state index in [1.165, 1.54) is 13.8 Å². The Hall–Kier alpha value is -2.98. The molecule has 0 spiro atoms. The Bertz CT molecular complexity index is 916. The summed E-state index contributed by atoms with van der Waals surface area (Å²) in [6.07, 6.45) is -4.98. The number of rotatable bonds is 10. The molecule has 5 atom stereocenters. The maximum Gasteiger partial charge on any atom is 0.305 e. The summed E-state index contributed by atoms with van der Waals surface area (Å²) < 4.78 is 34.1. The van der Waals surface area contributed by atoms with Crippen molar-refractivity contribution in [2.45, 2.75) is 57.8 Å². The highest BCUT2D eigenvalue weighted by Gasteiger charge is 2.50. The van der Waals surface area contributed by atoms with E-state index in [1.807, 2.05) is 42.5 Å². The van der Waals surface area contributed by atoms with Gasteiger partial charge in [-0.25, -0.2) is 0 Å². The fourth-order valence-electron chi connectivity index (χ4n) is 3.66. The molecule has 0 aliphatic carbocycles. The molecule has 1 heterocycles. The molecule has 1 aliphatic heterocycles. The molecular weight excluding hydrogens is 444 g/mol. The van der Waals surface area contributed by atoms with Crippen molar-refractivity contribution in [1.82, 2.24) is 0 Å². The number of aliphatic hydroxyl groups excluding tert-OH is 1. The third kappa shape index (κ3) is 7.01. The molecule has 2 aromatic rings. The second-order valence-electron chi connectivity index (χ2n) is 7.79. The first-order valence-electron chi connectivity index (χ1n) is 10.9. The lowest BCUT2D eigenvalue weighted by Gasteiger charge is -2.44. The van der Waals surface area contributed by atoms with Gasteiger partial charge in [0.1, 0.15) is 18.0 Å². The predicted octanol–water partition coefficient (Wildman–Crippen LogP) is 2.38. The number of methoxy groups -OCH3 is 1. The summed E-state index contributed by atoms with van der Waals surface area (Å²) in [5.41, 5.74) is 1.71. The third-order valence-corrected chi connectivity index (χ3v) is 5.24. The summed E-state index contributed by atoms with van der Waals surface area (Å²) >= 11 is 0. The number of ether oxygens (including phenoxy) is 6. The minimum Gasteiger partial charge on any atom is -0.497 e. The number of carbonyl (C=O) groups excluding carboxylic acids is 2. The van der Waals surface area contributed by atoms with Gasteiger partial charge in [-0.2, -0.15) is 0 Å². The first-order valence-corrected chi connectivity index (χ1v) is 10.9. The first kappa shape index (κ1) is 25.6. The average Bonchev–Trinajstić information content (AvgIpc) is 2.83. The molecule has 0 aromatic heterocycles. The van der Waals surface area contributed by atoms with Gasteiger partial charge >= 0.3 is 11.9 Å². The molecule has 1 fully saturated rings. The molecule has 0 radical (unpaired) electrons. The molecule has 9 nitrogen and oxygen atoms in total. The Balaban J connectivity index is 1.87. The molecule has 2 aromatic carbocycles. The summed E-state index contributed by atoms with van der Waals surface area (Å²) in [5, 5.41) is 9.91. The molecule has 1 N–H and O–H groups in total. The van der Waals surface area contributed by atoms with E-state index < -0.39 is 49.3 Å². The van der Waals surface area contributed by atoms with Gasteiger partial charge in [0.15, 0.2) is 12.2 Å². The van der Waals surface area contributed by atoms with E-state index >= 15 is 0 Å². The monoisotopic (exact) mass is 474 g/mol. The van der Waals surface area contributed by atoms with Crippen LogP contribution in [0.25, 0.3) is 0 Å². The zero-order valence-corrected chi connectivity index (χ0v) is 19.4. The van der Waals surface area contributed by atoms with Crippen LogP contribution >= 0.6 is 0 Å². The van der Waals surface area contributed by atoms with Crippen molar-refractivity contribution in [3.05, 3.63) is 65.7 Å². The highest BCUT2D eigenvalue weighted by atomic mass is 16.7. The van der Waals surface area contributed by atoms with Gasteiger partial charge in [0, 0.05) is 13.8 Å². The zero-order valence-electron chi connectivity index (χ0n) is 19.4. The van der Waals surface area contributed by atoms with E-state index in [4.69, 9.17) is 28.4 Å². The Morgan fingerprint density at radius 2 is 1.41 bits per heavy atom. The summed E-state index contributed by atoms with van der Waals surface area (Å²) in [6, 6.07) is 16.7. The van der Waals surface area contributed by atoms with Gasteiger partial charge < -0.3 is 33.5 Å². The van der Waals surface area contributed by atoms with Crippen molar-refractivity contribution in [2.24, 2.45) is 0 Å². The average molecular weight is 475 g/mol. The fraction of sp³-hybridized carbons (Fsp3) is 0.440. The summed E-state index contributed by atoms with van der Waals surface area (Å²) in [6.45, 7) is 2.34. The van der Waals surface area contributed by atoms with E-state index in [2.05, 4.69) is 0 Å². The Morgan fingerprint density at radius 3 is 1.97 bits per heavy atom. The molecule has 184 valence electrons. The van der Waals surface area contributed by atoms with Crippen molar-refractivity contribution in [2.75, 3.05) is 13.7 Å². The van der Waals surface area contributed by atoms with Crippen molar-refractivity contribution in [3.63, 3.8) is 0 Å². The quantitative estimate of drug-likeness (QED) is 0.519. The normalized spacial score (nSPS) is 24.3. The number of hydrogen-bond donors (Lipinski definition) is 1. The van der Waals surface area contributed by atoms with Crippen LogP contribution < -0.4 is 4.74 Å². The lowest BCUT2D eigenvalue weighted by Crippen LogP contribution is -2.62. The van der Waals surface area contributed by atoms with Gasteiger partial charge in [-0.05, 0) is 23.3 Å². The number of aliphatic hydroxyl groups is 1. The lowest BCUT2D eigenvalue weighted by atomic mass is 9.98. The highest BCUT2D eigenvalue weighted by Crippen LogP contribution is 2.30. The van der Waals surface area contributed by atoms with Crippen LogP contribution in [0.3, 0.4) is 0 Å². The van der Waals surface area contributed by atoms with Gasteiger partial charge in [0.25, 0.3) is 0 Å². The summed E-state index contributed by atoms with van der Waals surface area (Å²) in [5.74, 6) is -0.458. The molecule has 0 saturated carbocycles. The van der Waals surface area contributed by atoms with Gasteiger partial charge in [-0.1, -0.05) is 42.5 Å². The molecular formula is C25H30O9. The Kier molecular flexibility index (Phi) is 9.41. The van der Waals surface area contributed by atoms with Crippen LogP contribution in [0.2, 0.25) is 0 Å². The largest absolute Gasteiger partial charge is 0.497 e. The van der Waals surface area contributed by atoms with Gasteiger partial charge in [-0.3, -0.25) is 9.59 Å². The molecule has 0 amide bonds. The molecule has 34 heavy (non-hydrogen) atoms. The lowest BCUT2D eigenvalue weighted by molar-refractivity contribution is -0.312. The van der Waals surface area contributed by atoms with E-state index in [9.17, 15) is 14.7 Å². The van der Waals surface area contributed by atoms with Gasteiger partial charge in [0.2, 0.25) is 6.29 Å². The Morgan fingerprint density at radius 1 is 0.824 bits per heavy atom. The molecule has 1 saturated heterocycles. The summed E-state index contributed by atoms with van der Waals surface area (Å²) in [4.78, 5) is 23.6.